The van der Waals surface area contributed by atoms with Crippen LogP contribution in [0, 0.1) is 13.8 Å². The van der Waals surface area contributed by atoms with Crippen molar-refractivity contribution in [2.75, 3.05) is 7.11 Å². The lowest BCUT2D eigenvalue weighted by molar-refractivity contribution is -0.161. The van der Waals surface area contributed by atoms with Crippen LogP contribution in [-0.4, -0.2) is 12.2 Å². The van der Waals surface area contributed by atoms with Crippen molar-refractivity contribution in [3.63, 3.8) is 0 Å². The Bertz CT molecular complexity index is 947. The van der Waals surface area contributed by atoms with Gasteiger partial charge in [-0.3, -0.25) is 0 Å². The van der Waals surface area contributed by atoms with Gasteiger partial charge in [0.1, 0.15) is 11.5 Å². The summed E-state index contributed by atoms with van der Waals surface area (Å²) in [6.07, 6.45) is 0.459. The quantitative estimate of drug-likeness (QED) is 0.708. The average molecular weight is 360 g/mol. The van der Waals surface area contributed by atoms with Gasteiger partial charge in [0.25, 0.3) is 0 Å². The van der Waals surface area contributed by atoms with Crippen LogP contribution in [0.15, 0.2) is 66.7 Å². The molecule has 4 rings (SSSR count). The maximum Gasteiger partial charge on any atom is 0.235 e. The van der Waals surface area contributed by atoms with Crippen molar-refractivity contribution in [1.82, 2.24) is 0 Å². The number of methoxy groups -OCH3 is 1. The topological polar surface area (TPSA) is 38.7 Å². The van der Waals surface area contributed by atoms with Gasteiger partial charge < -0.3 is 14.6 Å². The first kappa shape index (κ1) is 17.6. The van der Waals surface area contributed by atoms with Crippen LogP contribution in [0.1, 0.15) is 40.2 Å². The zero-order chi connectivity index (χ0) is 19.0. The van der Waals surface area contributed by atoms with E-state index < -0.39 is 5.79 Å². The van der Waals surface area contributed by atoms with Crippen LogP contribution in [0.3, 0.4) is 0 Å². The van der Waals surface area contributed by atoms with E-state index in [1.54, 1.807) is 7.11 Å². The number of ether oxygens (including phenoxy) is 2. The van der Waals surface area contributed by atoms with E-state index in [0.29, 0.717) is 6.42 Å². The van der Waals surface area contributed by atoms with Crippen molar-refractivity contribution in [2.45, 2.75) is 32.0 Å². The fraction of sp³-hybridized carbons (Fsp3) is 0.250. The average Bonchev–Trinajstić information content (AvgIpc) is 2.67. The molecule has 3 aromatic rings. The molecule has 0 bridgehead atoms. The van der Waals surface area contributed by atoms with Gasteiger partial charge in [-0.1, -0.05) is 48.5 Å². The molecule has 1 aliphatic heterocycles. The van der Waals surface area contributed by atoms with E-state index in [0.717, 1.165) is 33.8 Å². The molecule has 3 nitrogen and oxygen atoms in total. The molecule has 0 aliphatic carbocycles. The molecule has 2 unspecified atom stereocenters. The van der Waals surface area contributed by atoms with E-state index in [2.05, 4.69) is 32.0 Å². The Morgan fingerprint density at radius 2 is 1.70 bits per heavy atom. The third-order valence-electron chi connectivity index (χ3n) is 5.34. The fourth-order valence-corrected chi connectivity index (χ4v) is 4.07. The van der Waals surface area contributed by atoms with E-state index >= 15 is 0 Å². The summed E-state index contributed by atoms with van der Waals surface area (Å²) < 4.78 is 11.5. The fourth-order valence-electron chi connectivity index (χ4n) is 4.07. The van der Waals surface area contributed by atoms with Gasteiger partial charge in [0.2, 0.25) is 5.79 Å². The lowest BCUT2D eigenvalue weighted by Gasteiger charge is -2.40. The van der Waals surface area contributed by atoms with E-state index in [1.807, 2.05) is 48.5 Å². The largest absolute Gasteiger partial charge is 0.497 e. The molecule has 0 amide bonds. The van der Waals surface area contributed by atoms with Crippen LogP contribution in [0.5, 0.6) is 11.5 Å². The van der Waals surface area contributed by atoms with Gasteiger partial charge in [-0.15, -0.1) is 0 Å². The molecule has 1 heterocycles. The number of hydrogen-bond donors (Lipinski definition) is 1. The molecule has 0 aromatic heterocycles. The van der Waals surface area contributed by atoms with Gasteiger partial charge in [0.05, 0.1) is 7.11 Å². The molecule has 3 aromatic carbocycles. The summed E-state index contributed by atoms with van der Waals surface area (Å²) in [6.45, 7) is 4.16. The monoisotopic (exact) mass is 360 g/mol. The van der Waals surface area contributed by atoms with Gasteiger partial charge in [-0.25, -0.2) is 0 Å². The molecule has 27 heavy (non-hydrogen) atoms. The van der Waals surface area contributed by atoms with E-state index in [9.17, 15) is 5.11 Å². The lowest BCUT2D eigenvalue weighted by Crippen LogP contribution is -2.39. The normalized spacial score (nSPS) is 21.3. The van der Waals surface area contributed by atoms with Gasteiger partial charge in [0.15, 0.2) is 0 Å². The summed E-state index contributed by atoms with van der Waals surface area (Å²) in [4.78, 5) is 0. The third-order valence-corrected chi connectivity index (χ3v) is 5.34. The molecule has 1 N–H and O–H groups in total. The minimum Gasteiger partial charge on any atom is -0.497 e. The Hall–Kier alpha value is -2.78. The van der Waals surface area contributed by atoms with Crippen LogP contribution in [0.4, 0.5) is 0 Å². The predicted octanol–water partition coefficient (Wildman–Crippen LogP) is 5.07. The first-order chi connectivity index (χ1) is 13.0. The second-order valence-electron chi connectivity index (χ2n) is 7.28. The van der Waals surface area contributed by atoms with Crippen LogP contribution >= 0.6 is 0 Å². The van der Waals surface area contributed by atoms with Crippen molar-refractivity contribution in [2.24, 2.45) is 0 Å². The molecule has 0 radical (unpaired) electrons. The summed E-state index contributed by atoms with van der Waals surface area (Å²) in [5.41, 5.74) is 5.36. The highest BCUT2D eigenvalue weighted by atomic mass is 16.6. The zero-order valence-electron chi connectivity index (χ0n) is 15.9. The molecule has 2 atom stereocenters. The van der Waals surface area contributed by atoms with Crippen LogP contribution < -0.4 is 9.47 Å². The second kappa shape index (κ2) is 6.75. The molecule has 0 fully saturated rings. The summed E-state index contributed by atoms with van der Waals surface area (Å²) >= 11 is 0. The van der Waals surface area contributed by atoms with E-state index in [1.165, 1.54) is 5.56 Å². The third kappa shape index (κ3) is 3.19. The molecule has 0 spiro atoms. The maximum atomic E-state index is 11.5. The second-order valence-corrected chi connectivity index (χ2v) is 7.28. The van der Waals surface area contributed by atoms with E-state index in [-0.39, 0.29) is 5.92 Å². The Morgan fingerprint density at radius 3 is 2.37 bits per heavy atom. The molecule has 0 saturated heterocycles. The lowest BCUT2D eigenvalue weighted by atomic mass is 9.79. The molecular weight excluding hydrogens is 336 g/mol. The number of hydrogen-bond acceptors (Lipinski definition) is 3. The highest BCUT2D eigenvalue weighted by Crippen LogP contribution is 2.48. The predicted molar refractivity (Wildman–Crippen MR) is 106 cm³/mol. The van der Waals surface area contributed by atoms with Gasteiger partial charge in [-0.05, 0) is 48.7 Å². The Labute approximate surface area is 160 Å². The van der Waals surface area contributed by atoms with Gasteiger partial charge in [-0.2, -0.15) is 0 Å². The number of fused-ring (bicyclic) bond motifs is 1. The summed E-state index contributed by atoms with van der Waals surface area (Å²) in [5, 5.41) is 11.5. The zero-order valence-corrected chi connectivity index (χ0v) is 15.9. The van der Waals surface area contributed by atoms with Crippen LogP contribution in [0.2, 0.25) is 0 Å². The van der Waals surface area contributed by atoms with Crippen molar-refractivity contribution in [3.05, 3.63) is 94.5 Å². The number of benzene rings is 3. The van der Waals surface area contributed by atoms with E-state index in [4.69, 9.17) is 9.47 Å². The molecule has 1 aliphatic rings. The first-order valence-corrected chi connectivity index (χ1v) is 9.22. The van der Waals surface area contributed by atoms with Crippen molar-refractivity contribution in [3.8, 4) is 11.5 Å². The summed E-state index contributed by atoms with van der Waals surface area (Å²) in [6, 6.07) is 21.9. The van der Waals surface area contributed by atoms with Crippen molar-refractivity contribution < 1.29 is 14.6 Å². The van der Waals surface area contributed by atoms with Crippen LogP contribution in [-0.2, 0) is 5.79 Å². The molecule has 138 valence electrons. The van der Waals surface area contributed by atoms with Crippen LogP contribution in [0.25, 0.3) is 0 Å². The van der Waals surface area contributed by atoms with Crippen molar-refractivity contribution >= 4 is 0 Å². The minimum atomic E-state index is -1.36. The Morgan fingerprint density at radius 1 is 1.00 bits per heavy atom. The van der Waals surface area contributed by atoms with Crippen molar-refractivity contribution in [1.29, 1.82) is 0 Å². The van der Waals surface area contributed by atoms with Gasteiger partial charge >= 0.3 is 0 Å². The Kier molecular flexibility index (Phi) is 4.40. The Balaban J connectivity index is 1.86. The smallest absolute Gasteiger partial charge is 0.235 e. The first-order valence-electron chi connectivity index (χ1n) is 9.22. The number of rotatable bonds is 3. The molecule has 0 saturated carbocycles. The number of aryl methyl sites for hydroxylation is 2. The minimum absolute atomic E-state index is 0.0328. The number of aliphatic hydroxyl groups is 1. The molecular formula is C24H24O3. The summed E-state index contributed by atoms with van der Waals surface area (Å²) in [5.74, 6) is 0.250. The molecule has 3 heteroatoms. The SMILES string of the molecule is COc1ccc(C2CC(O)(c3ccccc3)Oc3cc(C)cc(C)c32)cc1. The summed E-state index contributed by atoms with van der Waals surface area (Å²) in [7, 11) is 1.67. The highest BCUT2D eigenvalue weighted by Gasteiger charge is 2.42. The maximum absolute atomic E-state index is 11.5. The standard InChI is InChI=1S/C24H24O3/c1-16-13-17(2)23-21(18-9-11-20(26-3)12-10-18)15-24(25,27-22(23)14-16)19-7-5-4-6-8-19/h4-14,21,25H,15H2,1-3H3. The van der Waals surface area contributed by atoms with Gasteiger partial charge in [0, 0.05) is 23.5 Å². The highest BCUT2D eigenvalue weighted by molar-refractivity contribution is 5.52.